The van der Waals surface area contributed by atoms with Crippen molar-refractivity contribution in [2.45, 2.75) is 6.54 Å². The number of nitrogens with zero attached hydrogens (tertiary/aromatic N) is 4. The van der Waals surface area contributed by atoms with Crippen LogP contribution >= 0.6 is 0 Å². The summed E-state index contributed by atoms with van der Waals surface area (Å²) in [5, 5.41) is 7.26. The topological polar surface area (TPSA) is 62.6 Å². The van der Waals surface area contributed by atoms with Gasteiger partial charge in [-0.05, 0) is 31.3 Å². The van der Waals surface area contributed by atoms with Crippen molar-refractivity contribution in [2.24, 2.45) is 5.92 Å². The molecule has 0 bridgehead atoms. The number of amides is 2. The van der Waals surface area contributed by atoms with E-state index in [4.69, 9.17) is 4.74 Å². The van der Waals surface area contributed by atoms with Crippen molar-refractivity contribution in [3.05, 3.63) is 48.0 Å². The lowest BCUT2D eigenvalue weighted by Gasteiger charge is -2.22. The third-order valence-electron chi connectivity index (χ3n) is 4.58. The van der Waals surface area contributed by atoms with Gasteiger partial charge in [0.05, 0.1) is 31.6 Å². The average molecular weight is 375 g/mol. The maximum absolute atomic E-state index is 13.0. The van der Waals surface area contributed by atoms with Crippen molar-refractivity contribution < 1.29 is 13.9 Å². The quantitative estimate of drug-likeness (QED) is 0.865. The van der Waals surface area contributed by atoms with Gasteiger partial charge in [-0.15, -0.1) is 0 Å². The summed E-state index contributed by atoms with van der Waals surface area (Å²) in [5.74, 6) is 0.00359. The summed E-state index contributed by atoms with van der Waals surface area (Å²) < 4.78 is 20.3. The Bertz CT molecular complexity index is 749. The number of hydrogen-bond donors (Lipinski definition) is 1. The highest BCUT2D eigenvalue weighted by Gasteiger charge is 2.18. The van der Waals surface area contributed by atoms with E-state index in [1.54, 1.807) is 35.0 Å². The van der Waals surface area contributed by atoms with Crippen molar-refractivity contribution in [1.29, 1.82) is 0 Å². The van der Waals surface area contributed by atoms with Gasteiger partial charge in [0.25, 0.3) is 0 Å². The van der Waals surface area contributed by atoms with Gasteiger partial charge in [0.1, 0.15) is 5.82 Å². The van der Waals surface area contributed by atoms with Gasteiger partial charge >= 0.3 is 6.03 Å². The molecular formula is C19H26FN5O2. The lowest BCUT2D eigenvalue weighted by Crippen LogP contribution is -2.41. The molecule has 0 spiro atoms. The van der Waals surface area contributed by atoms with Crippen LogP contribution in [-0.2, 0) is 11.3 Å². The monoisotopic (exact) mass is 375 g/mol. The zero-order valence-electron chi connectivity index (χ0n) is 15.8. The maximum Gasteiger partial charge on any atom is 0.317 e. The average Bonchev–Trinajstić information content (AvgIpc) is 3.01. The fourth-order valence-corrected chi connectivity index (χ4v) is 3.07. The van der Waals surface area contributed by atoms with Crippen LogP contribution in [0.1, 0.15) is 5.56 Å². The largest absolute Gasteiger partial charge is 0.380 e. The van der Waals surface area contributed by atoms with Crippen molar-refractivity contribution in [2.75, 3.05) is 46.9 Å². The highest BCUT2D eigenvalue weighted by Crippen LogP contribution is 2.11. The Hall–Kier alpha value is -2.45. The van der Waals surface area contributed by atoms with E-state index in [1.807, 2.05) is 6.20 Å². The van der Waals surface area contributed by atoms with E-state index in [0.717, 1.165) is 30.9 Å². The van der Waals surface area contributed by atoms with Gasteiger partial charge in [-0.2, -0.15) is 5.10 Å². The number of urea groups is 1. The molecule has 1 aliphatic heterocycles. The third kappa shape index (κ3) is 5.51. The van der Waals surface area contributed by atoms with Gasteiger partial charge in [-0.3, -0.25) is 0 Å². The molecular weight excluding hydrogens is 349 g/mol. The van der Waals surface area contributed by atoms with Gasteiger partial charge in [0, 0.05) is 44.4 Å². The molecule has 0 aliphatic carbocycles. The van der Waals surface area contributed by atoms with Crippen molar-refractivity contribution in [3.63, 3.8) is 0 Å². The van der Waals surface area contributed by atoms with E-state index in [1.165, 1.54) is 12.1 Å². The second kappa shape index (κ2) is 8.96. The van der Waals surface area contributed by atoms with E-state index in [9.17, 15) is 9.18 Å². The first-order valence-electron chi connectivity index (χ1n) is 9.06. The summed E-state index contributed by atoms with van der Waals surface area (Å²) in [5.41, 5.74) is 1.67. The van der Waals surface area contributed by atoms with Crippen LogP contribution in [0.25, 0.3) is 5.69 Å². The van der Waals surface area contributed by atoms with Crippen LogP contribution in [0, 0.1) is 11.7 Å². The van der Waals surface area contributed by atoms with E-state index in [2.05, 4.69) is 22.4 Å². The molecule has 146 valence electrons. The zero-order chi connectivity index (χ0) is 19.2. The van der Waals surface area contributed by atoms with E-state index in [0.29, 0.717) is 19.7 Å². The van der Waals surface area contributed by atoms with Crippen LogP contribution in [0.15, 0.2) is 36.7 Å². The Labute approximate surface area is 158 Å². The van der Waals surface area contributed by atoms with Gasteiger partial charge < -0.3 is 19.9 Å². The molecule has 8 heteroatoms. The van der Waals surface area contributed by atoms with Crippen molar-refractivity contribution >= 4 is 6.03 Å². The normalized spacial score (nSPS) is 18.1. The summed E-state index contributed by atoms with van der Waals surface area (Å²) in [4.78, 5) is 16.2. The first kappa shape index (κ1) is 19.3. The fraction of sp³-hybridized carbons (Fsp3) is 0.474. The molecule has 1 aromatic heterocycles. The van der Waals surface area contributed by atoms with Crippen LogP contribution in [-0.4, -0.2) is 72.6 Å². The molecule has 1 aromatic carbocycles. The minimum atomic E-state index is -0.284. The van der Waals surface area contributed by atoms with Crippen LogP contribution in [0.3, 0.4) is 0 Å². The van der Waals surface area contributed by atoms with Crippen molar-refractivity contribution in [1.82, 2.24) is 24.9 Å². The van der Waals surface area contributed by atoms with Crippen LogP contribution in [0.2, 0.25) is 0 Å². The lowest BCUT2D eigenvalue weighted by atomic mass is 10.1. The molecule has 1 N–H and O–H groups in total. The number of ether oxygens (including phenoxy) is 1. The highest BCUT2D eigenvalue weighted by molar-refractivity contribution is 5.73. The summed E-state index contributed by atoms with van der Waals surface area (Å²) in [6.45, 7) is 4.25. The molecule has 0 saturated carbocycles. The Morgan fingerprint density at radius 2 is 2.19 bits per heavy atom. The molecule has 0 unspecified atom stereocenters. The Morgan fingerprint density at radius 3 is 2.96 bits per heavy atom. The number of carbonyl (C=O) groups is 1. The van der Waals surface area contributed by atoms with Gasteiger partial charge in [0.15, 0.2) is 0 Å². The first-order valence-corrected chi connectivity index (χ1v) is 9.06. The summed E-state index contributed by atoms with van der Waals surface area (Å²) >= 11 is 0. The number of nitrogens with one attached hydrogen (secondary N) is 1. The lowest BCUT2D eigenvalue weighted by molar-refractivity contribution is 0.121. The number of likely N-dealkylation sites (N-methyl/N-ethyl adjacent to an activating group) is 1. The van der Waals surface area contributed by atoms with Gasteiger partial charge in [-0.1, -0.05) is 0 Å². The second-order valence-electron chi connectivity index (χ2n) is 7.01. The molecule has 1 fully saturated rings. The predicted octanol–water partition coefficient (Wildman–Crippen LogP) is 1.73. The number of carbonyl (C=O) groups excluding carboxylic acids is 1. The number of hydrogen-bond acceptors (Lipinski definition) is 4. The molecule has 27 heavy (non-hydrogen) atoms. The minimum Gasteiger partial charge on any atom is -0.380 e. The molecule has 1 atom stereocenters. The fourth-order valence-electron chi connectivity index (χ4n) is 3.07. The minimum absolute atomic E-state index is 0.128. The summed E-state index contributed by atoms with van der Waals surface area (Å²) in [6, 6.07) is 5.98. The highest BCUT2D eigenvalue weighted by atomic mass is 19.1. The number of rotatable bonds is 5. The second-order valence-corrected chi connectivity index (χ2v) is 7.01. The molecule has 3 rings (SSSR count). The Morgan fingerprint density at radius 1 is 1.41 bits per heavy atom. The number of aromatic nitrogens is 2. The van der Waals surface area contributed by atoms with Crippen LogP contribution < -0.4 is 5.32 Å². The molecule has 2 amide bonds. The molecule has 2 heterocycles. The molecule has 7 nitrogen and oxygen atoms in total. The van der Waals surface area contributed by atoms with Crippen LogP contribution in [0.4, 0.5) is 9.18 Å². The zero-order valence-corrected chi connectivity index (χ0v) is 15.8. The van der Waals surface area contributed by atoms with Crippen molar-refractivity contribution in [3.8, 4) is 5.69 Å². The number of benzene rings is 1. The van der Waals surface area contributed by atoms with Gasteiger partial charge in [0.2, 0.25) is 0 Å². The standard InChI is InChI=1S/C19H26FN5O2/c1-23-7-8-27-14-16(11-23)9-21-19(26)24(2)12-15-10-22-25(13-15)18-5-3-17(20)4-6-18/h3-6,10,13,16H,7-9,11-12,14H2,1-2H3,(H,21,26)/t16-/m0/s1. The molecule has 0 radical (unpaired) electrons. The molecule has 1 saturated heterocycles. The summed E-state index contributed by atoms with van der Waals surface area (Å²) in [7, 11) is 3.81. The van der Waals surface area contributed by atoms with E-state index < -0.39 is 0 Å². The van der Waals surface area contributed by atoms with Gasteiger partial charge in [-0.25, -0.2) is 13.9 Å². The Kier molecular flexibility index (Phi) is 6.41. The number of halogens is 1. The first-order chi connectivity index (χ1) is 13.0. The third-order valence-corrected chi connectivity index (χ3v) is 4.58. The smallest absolute Gasteiger partial charge is 0.317 e. The SMILES string of the molecule is CN1CCOC[C@@H](CNC(=O)N(C)Cc2cnn(-c3ccc(F)cc3)c2)C1. The van der Waals surface area contributed by atoms with Crippen LogP contribution in [0.5, 0.6) is 0 Å². The molecule has 2 aromatic rings. The maximum atomic E-state index is 13.0. The van der Waals surface area contributed by atoms with E-state index >= 15 is 0 Å². The predicted molar refractivity (Wildman–Crippen MR) is 100 cm³/mol. The summed E-state index contributed by atoms with van der Waals surface area (Å²) in [6.07, 6.45) is 3.55. The van der Waals surface area contributed by atoms with E-state index in [-0.39, 0.29) is 17.8 Å². The molecule has 1 aliphatic rings. The Balaban J connectivity index is 1.50.